The minimum Gasteiger partial charge on any atom is -0.420 e. The third-order valence-electron chi connectivity index (χ3n) is 4.47. The molecule has 3 aromatic rings. The van der Waals surface area contributed by atoms with Gasteiger partial charge in [-0.2, -0.15) is 5.26 Å². The van der Waals surface area contributed by atoms with E-state index in [1.165, 1.54) is 12.1 Å². The van der Waals surface area contributed by atoms with Crippen LogP contribution in [-0.4, -0.2) is 15.1 Å². The van der Waals surface area contributed by atoms with E-state index >= 15 is 0 Å². The van der Waals surface area contributed by atoms with Crippen LogP contribution in [-0.2, 0) is 0 Å². The van der Waals surface area contributed by atoms with Gasteiger partial charge in [0.15, 0.2) is 0 Å². The Morgan fingerprint density at radius 2 is 2.07 bits per heavy atom. The van der Waals surface area contributed by atoms with Gasteiger partial charge in [-0.25, -0.2) is 0 Å². The van der Waals surface area contributed by atoms with Crippen LogP contribution in [0.25, 0.3) is 11.3 Å². The molecule has 0 radical (unpaired) electrons. The number of allylic oxidation sites excluding steroid dienone is 1. The van der Waals surface area contributed by atoms with Gasteiger partial charge < -0.3 is 10.5 Å². The Morgan fingerprint density at radius 1 is 1.29 bits per heavy atom. The Hall–Kier alpha value is -3.64. The standard InChI is InChI=1S/C19H12BrN5O3/c20-12-5-1-3-10(7-12)15-14(9-21)18(22)28-19-16(15)17(23-24-19)11-4-2-6-13(8-11)25(26)27/h1-8,15H,22H2,(H,23,24). The zero-order valence-corrected chi connectivity index (χ0v) is 15.8. The quantitative estimate of drug-likeness (QED) is 0.470. The Kier molecular flexibility index (Phi) is 4.33. The lowest BCUT2D eigenvalue weighted by atomic mass is 9.83. The molecule has 28 heavy (non-hydrogen) atoms. The van der Waals surface area contributed by atoms with Crippen molar-refractivity contribution >= 4 is 21.6 Å². The van der Waals surface area contributed by atoms with Crippen LogP contribution in [0.15, 0.2) is 64.5 Å². The summed E-state index contributed by atoms with van der Waals surface area (Å²) in [6.07, 6.45) is 0. The lowest BCUT2D eigenvalue weighted by Gasteiger charge is -2.24. The fraction of sp³-hybridized carbons (Fsp3) is 0.0526. The first kappa shape index (κ1) is 17.8. The van der Waals surface area contributed by atoms with Crippen LogP contribution < -0.4 is 10.5 Å². The van der Waals surface area contributed by atoms with Gasteiger partial charge in [0, 0.05) is 22.2 Å². The Balaban J connectivity index is 1.95. The van der Waals surface area contributed by atoms with Crippen molar-refractivity contribution in [1.29, 1.82) is 5.26 Å². The largest absolute Gasteiger partial charge is 0.420 e. The molecular weight excluding hydrogens is 426 g/mol. The number of benzene rings is 2. The number of halogens is 1. The van der Waals surface area contributed by atoms with Crippen molar-refractivity contribution in [2.24, 2.45) is 5.73 Å². The average molecular weight is 438 g/mol. The van der Waals surface area contributed by atoms with Crippen molar-refractivity contribution in [3.8, 4) is 23.2 Å². The minimum atomic E-state index is -0.528. The number of rotatable bonds is 3. The Morgan fingerprint density at radius 3 is 2.79 bits per heavy atom. The summed E-state index contributed by atoms with van der Waals surface area (Å²) in [5.74, 6) is -0.306. The smallest absolute Gasteiger partial charge is 0.270 e. The molecule has 0 aliphatic carbocycles. The maximum atomic E-state index is 11.2. The van der Waals surface area contributed by atoms with Gasteiger partial charge in [0.2, 0.25) is 11.8 Å². The first-order valence-corrected chi connectivity index (χ1v) is 8.95. The van der Waals surface area contributed by atoms with E-state index in [9.17, 15) is 15.4 Å². The molecule has 0 amide bonds. The lowest BCUT2D eigenvalue weighted by molar-refractivity contribution is -0.384. The zero-order chi connectivity index (χ0) is 19.8. The molecule has 0 fully saturated rings. The monoisotopic (exact) mass is 437 g/mol. The number of nitro groups is 1. The van der Waals surface area contributed by atoms with Gasteiger partial charge in [0.1, 0.15) is 11.6 Å². The molecule has 0 saturated carbocycles. The van der Waals surface area contributed by atoms with E-state index in [1.54, 1.807) is 12.1 Å². The van der Waals surface area contributed by atoms with Crippen molar-refractivity contribution in [1.82, 2.24) is 10.2 Å². The number of hydrogen-bond acceptors (Lipinski definition) is 6. The lowest BCUT2D eigenvalue weighted by Crippen LogP contribution is -2.21. The second-order valence-corrected chi connectivity index (χ2v) is 7.02. The van der Waals surface area contributed by atoms with Gasteiger partial charge in [-0.1, -0.05) is 40.2 Å². The number of H-pyrrole nitrogens is 1. The normalized spacial score (nSPS) is 15.5. The maximum Gasteiger partial charge on any atom is 0.270 e. The van der Waals surface area contributed by atoms with E-state index in [0.29, 0.717) is 16.8 Å². The summed E-state index contributed by atoms with van der Waals surface area (Å²) in [4.78, 5) is 10.7. The predicted molar refractivity (Wildman–Crippen MR) is 104 cm³/mol. The molecule has 1 unspecified atom stereocenters. The fourth-order valence-corrected chi connectivity index (χ4v) is 3.68. The van der Waals surface area contributed by atoms with Crippen LogP contribution in [0, 0.1) is 21.4 Å². The maximum absolute atomic E-state index is 11.2. The highest BCUT2D eigenvalue weighted by Crippen LogP contribution is 2.46. The van der Waals surface area contributed by atoms with E-state index in [1.807, 2.05) is 24.3 Å². The SMILES string of the molecule is N#CC1=C(N)Oc2n[nH]c(-c3cccc([N+](=O)[O-])c3)c2C1c1cccc(Br)c1. The fourth-order valence-electron chi connectivity index (χ4n) is 3.26. The summed E-state index contributed by atoms with van der Waals surface area (Å²) < 4.78 is 6.39. The predicted octanol–water partition coefficient (Wildman–Crippen LogP) is 3.97. The molecule has 1 aromatic heterocycles. The first-order chi connectivity index (χ1) is 13.5. The van der Waals surface area contributed by atoms with Crippen molar-refractivity contribution in [2.45, 2.75) is 5.92 Å². The molecule has 0 saturated heterocycles. The van der Waals surface area contributed by atoms with Crippen LogP contribution in [0.2, 0.25) is 0 Å². The Labute approximate surface area is 167 Å². The van der Waals surface area contributed by atoms with Gasteiger partial charge >= 0.3 is 0 Å². The van der Waals surface area contributed by atoms with E-state index in [-0.39, 0.29) is 23.0 Å². The van der Waals surface area contributed by atoms with E-state index in [4.69, 9.17) is 10.5 Å². The first-order valence-electron chi connectivity index (χ1n) is 8.15. The van der Waals surface area contributed by atoms with Gasteiger partial charge in [-0.3, -0.25) is 15.2 Å². The topological polar surface area (TPSA) is 131 Å². The molecule has 2 heterocycles. The second kappa shape index (κ2) is 6.83. The van der Waals surface area contributed by atoms with Gasteiger partial charge in [-0.05, 0) is 17.7 Å². The molecule has 4 rings (SSSR count). The van der Waals surface area contributed by atoms with Crippen molar-refractivity contribution in [2.75, 3.05) is 0 Å². The number of hydrogen-bond donors (Lipinski definition) is 2. The average Bonchev–Trinajstić information content (AvgIpc) is 3.10. The Bertz CT molecular complexity index is 1180. The number of nitro benzene ring substituents is 1. The third kappa shape index (κ3) is 2.90. The van der Waals surface area contributed by atoms with E-state index in [0.717, 1.165) is 10.0 Å². The highest BCUT2D eigenvalue weighted by atomic mass is 79.9. The highest BCUT2D eigenvalue weighted by molar-refractivity contribution is 9.10. The molecule has 0 spiro atoms. The van der Waals surface area contributed by atoms with Gasteiger partial charge in [0.25, 0.3) is 5.69 Å². The summed E-state index contributed by atoms with van der Waals surface area (Å²) in [6, 6.07) is 15.8. The summed E-state index contributed by atoms with van der Waals surface area (Å²) in [5, 5.41) is 27.9. The molecule has 9 heteroatoms. The summed E-state index contributed by atoms with van der Waals surface area (Å²) >= 11 is 3.45. The number of nitrogens with one attached hydrogen (secondary N) is 1. The number of nitrogens with two attached hydrogens (primary N) is 1. The molecule has 1 atom stereocenters. The van der Waals surface area contributed by atoms with E-state index in [2.05, 4.69) is 32.2 Å². The summed E-state index contributed by atoms with van der Waals surface area (Å²) in [7, 11) is 0. The number of non-ortho nitro benzene ring substituents is 1. The van der Waals surface area contributed by atoms with Crippen molar-refractivity contribution in [3.05, 3.63) is 85.7 Å². The van der Waals surface area contributed by atoms with Crippen LogP contribution in [0.3, 0.4) is 0 Å². The summed E-state index contributed by atoms with van der Waals surface area (Å²) in [6.45, 7) is 0. The van der Waals surface area contributed by atoms with Crippen LogP contribution >= 0.6 is 15.9 Å². The molecule has 1 aliphatic heterocycles. The molecular formula is C19H12BrN5O3. The van der Waals surface area contributed by atoms with Crippen molar-refractivity contribution < 1.29 is 9.66 Å². The van der Waals surface area contributed by atoms with Gasteiger partial charge in [0.05, 0.1) is 22.1 Å². The number of fused-ring (bicyclic) bond motifs is 1. The third-order valence-corrected chi connectivity index (χ3v) is 4.96. The zero-order valence-electron chi connectivity index (χ0n) is 14.2. The van der Waals surface area contributed by atoms with Crippen LogP contribution in [0.4, 0.5) is 5.69 Å². The van der Waals surface area contributed by atoms with Crippen molar-refractivity contribution in [3.63, 3.8) is 0 Å². The molecule has 1 aliphatic rings. The van der Waals surface area contributed by atoms with Crippen LogP contribution in [0.5, 0.6) is 5.88 Å². The number of nitrogens with zero attached hydrogens (tertiary/aromatic N) is 3. The number of ether oxygens (including phenoxy) is 1. The molecule has 8 nitrogen and oxygen atoms in total. The number of aromatic amines is 1. The minimum absolute atomic E-state index is 0.0166. The molecule has 2 aromatic carbocycles. The molecule has 0 bridgehead atoms. The number of aromatic nitrogens is 2. The van der Waals surface area contributed by atoms with Gasteiger partial charge in [-0.15, -0.1) is 5.10 Å². The van der Waals surface area contributed by atoms with E-state index < -0.39 is 10.8 Å². The highest BCUT2D eigenvalue weighted by Gasteiger charge is 2.35. The van der Waals surface area contributed by atoms with Crippen LogP contribution in [0.1, 0.15) is 17.0 Å². The molecule has 138 valence electrons. The number of nitriles is 1. The summed E-state index contributed by atoms with van der Waals surface area (Å²) in [5.41, 5.74) is 8.67. The molecule has 3 N–H and O–H groups in total. The second-order valence-electron chi connectivity index (χ2n) is 6.10.